The Balaban J connectivity index is 0.988. The number of amides is 1. The second-order valence-corrected chi connectivity index (χ2v) is 18.0. The van der Waals surface area contributed by atoms with E-state index in [1.807, 2.05) is 49.3 Å². The number of aromatic nitrogens is 4. The summed E-state index contributed by atoms with van der Waals surface area (Å²) in [6, 6.07) is 14.1. The Hall–Kier alpha value is -4.68. The smallest absolute Gasteiger partial charge is 0.355 e. The van der Waals surface area contributed by atoms with E-state index in [9.17, 15) is 14.7 Å². The topological polar surface area (TPSA) is 122 Å². The number of hydrogen-bond acceptors (Lipinski definition) is 8. The Labute approximate surface area is 317 Å². The minimum absolute atomic E-state index is 0.0650. The van der Waals surface area contributed by atoms with Crippen molar-refractivity contribution in [1.29, 1.82) is 0 Å². The van der Waals surface area contributed by atoms with Crippen LogP contribution >= 0.6 is 11.3 Å². The molecular weight excluding hydrogens is 704 g/mol. The van der Waals surface area contributed by atoms with Gasteiger partial charge in [-0.3, -0.25) is 14.8 Å². The fraction of sp³-hybridized carbons (Fsp3) is 0.452. The molecule has 4 atom stereocenters. The van der Waals surface area contributed by atoms with Gasteiger partial charge in [0.25, 0.3) is 5.91 Å². The van der Waals surface area contributed by atoms with Crippen molar-refractivity contribution in [2.45, 2.75) is 90.8 Å². The van der Waals surface area contributed by atoms with Gasteiger partial charge >= 0.3 is 5.97 Å². The molecule has 5 aromatic rings. The highest BCUT2D eigenvalue weighted by Crippen LogP contribution is 2.72. The van der Waals surface area contributed by atoms with E-state index in [2.05, 4.69) is 33.8 Å². The van der Waals surface area contributed by atoms with Crippen molar-refractivity contribution in [3.8, 4) is 11.1 Å². The fourth-order valence-electron chi connectivity index (χ4n) is 11.6. The predicted molar refractivity (Wildman–Crippen MR) is 207 cm³/mol. The van der Waals surface area contributed by atoms with Gasteiger partial charge in [-0.2, -0.15) is 5.10 Å². The highest BCUT2D eigenvalue weighted by atomic mass is 32.1. The Kier molecular flexibility index (Phi) is 8.06. The van der Waals surface area contributed by atoms with Crippen LogP contribution in [0.3, 0.4) is 0 Å². The maximum Gasteiger partial charge on any atom is 0.355 e. The lowest BCUT2D eigenvalue weighted by atomic mass is 9.38. The number of carboxylic acids is 1. The monoisotopic (exact) mass is 748 g/mol. The molecule has 5 aliphatic rings. The number of aromatic carboxylic acids is 1. The molecule has 3 aromatic heterocycles. The van der Waals surface area contributed by atoms with Gasteiger partial charge in [0.1, 0.15) is 11.6 Å². The van der Waals surface area contributed by atoms with E-state index >= 15 is 4.39 Å². The molecule has 4 unspecified atom stereocenters. The molecule has 54 heavy (non-hydrogen) atoms. The number of ether oxygens (including phenoxy) is 1. The minimum Gasteiger partial charge on any atom is -0.476 e. The number of carbonyl (C=O) groups is 2. The number of carbonyl (C=O) groups excluding carboxylic acids is 1. The first-order valence-corrected chi connectivity index (χ1v) is 19.7. The number of fused-ring (bicyclic) bond motifs is 2. The lowest BCUT2D eigenvalue weighted by molar-refractivity contribution is -0.244. The number of pyridine rings is 1. The van der Waals surface area contributed by atoms with Crippen molar-refractivity contribution < 1.29 is 23.8 Å². The van der Waals surface area contributed by atoms with E-state index in [0.29, 0.717) is 46.2 Å². The van der Waals surface area contributed by atoms with Crippen LogP contribution in [-0.4, -0.2) is 56.0 Å². The number of para-hydroxylation sites is 1. The van der Waals surface area contributed by atoms with Crippen LogP contribution in [0.1, 0.15) is 96.5 Å². The van der Waals surface area contributed by atoms with Gasteiger partial charge in [0, 0.05) is 49.1 Å². The van der Waals surface area contributed by atoms with Gasteiger partial charge in [0.2, 0.25) is 0 Å². The van der Waals surface area contributed by atoms with E-state index in [1.165, 1.54) is 29.9 Å². The quantitative estimate of drug-likeness (QED) is 0.154. The normalized spacial score (nSPS) is 27.0. The average Bonchev–Trinajstić information content (AvgIpc) is 3.71. The van der Waals surface area contributed by atoms with Crippen LogP contribution in [0.5, 0.6) is 0 Å². The Morgan fingerprint density at radius 3 is 2.56 bits per heavy atom. The molecular formula is C42H45FN6O4S. The summed E-state index contributed by atoms with van der Waals surface area (Å²) in [5.74, 6) is -1.43. The number of hydrogen-bond donors (Lipinski definition) is 2. The van der Waals surface area contributed by atoms with E-state index < -0.39 is 5.97 Å². The maximum atomic E-state index is 15.1. The molecule has 10 nitrogen and oxygen atoms in total. The molecule has 1 amide bonds. The van der Waals surface area contributed by atoms with Crippen molar-refractivity contribution in [1.82, 2.24) is 19.7 Å². The molecule has 0 radical (unpaired) electrons. The molecule has 10 rings (SSSR count). The molecule has 4 heterocycles. The van der Waals surface area contributed by atoms with Crippen molar-refractivity contribution in [2.75, 3.05) is 23.9 Å². The lowest BCUT2D eigenvalue weighted by Crippen LogP contribution is -2.64. The summed E-state index contributed by atoms with van der Waals surface area (Å²) >= 11 is 1.38. The number of benzene rings is 2. The number of nitrogens with one attached hydrogen (secondary N) is 1. The molecule has 2 N–H and O–H groups in total. The number of thiazole rings is 1. The van der Waals surface area contributed by atoms with Crippen LogP contribution in [0.2, 0.25) is 0 Å². The highest BCUT2D eigenvalue weighted by molar-refractivity contribution is 7.22. The van der Waals surface area contributed by atoms with Gasteiger partial charge in [-0.1, -0.05) is 43.7 Å². The maximum absolute atomic E-state index is 15.1. The molecule has 280 valence electrons. The third kappa shape index (κ3) is 5.71. The van der Waals surface area contributed by atoms with Crippen LogP contribution in [0.4, 0.5) is 15.3 Å². The third-order valence-corrected chi connectivity index (χ3v) is 14.0. The molecule has 4 bridgehead atoms. The van der Waals surface area contributed by atoms with Crippen LogP contribution in [0.15, 0.2) is 54.7 Å². The highest BCUT2D eigenvalue weighted by Gasteiger charge is 2.66. The zero-order valence-electron chi connectivity index (χ0n) is 31.2. The molecule has 4 saturated carbocycles. The van der Waals surface area contributed by atoms with Crippen molar-refractivity contribution in [2.24, 2.45) is 16.2 Å². The molecule has 2 aromatic carbocycles. The van der Waals surface area contributed by atoms with Gasteiger partial charge in [0.15, 0.2) is 10.8 Å². The summed E-state index contributed by atoms with van der Waals surface area (Å²) in [7, 11) is 1.89. The number of methoxy groups -OCH3 is 1. The molecule has 0 saturated heterocycles. The zero-order chi connectivity index (χ0) is 37.6. The Bertz CT molecular complexity index is 2300. The average molecular weight is 749 g/mol. The zero-order valence-corrected chi connectivity index (χ0v) is 32.0. The van der Waals surface area contributed by atoms with Gasteiger partial charge in [0.05, 0.1) is 22.0 Å². The number of rotatable bonds is 9. The van der Waals surface area contributed by atoms with Crippen LogP contribution in [0, 0.1) is 29.0 Å². The van der Waals surface area contributed by atoms with Gasteiger partial charge in [-0.15, -0.1) is 0 Å². The summed E-state index contributed by atoms with van der Waals surface area (Å²) < 4.78 is 24.5. The predicted octanol–water partition coefficient (Wildman–Crippen LogP) is 8.67. The van der Waals surface area contributed by atoms with Crippen LogP contribution in [-0.2, 0) is 24.2 Å². The van der Waals surface area contributed by atoms with Crippen LogP contribution < -0.4 is 10.2 Å². The standard InChI is InChI=1S/C42H45FN6O4S/c1-5-40-18-39(3)19-41(21-40,23-42(20-39,22-40)53-4)24-49-25(2)29(16-44-49)27-11-13-34(46-35(27)37(51)52)48-15-14-26-30(17-48)28(10-12-31(26)43)36(50)47-38-45-32-8-6-7-9-33(32)54-38/h6-13,16H,5,14-15,17-24H2,1-4H3,(H,51,52)(H,45,47,50). The summed E-state index contributed by atoms with van der Waals surface area (Å²) in [4.78, 5) is 37.5. The van der Waals surface area contributed by atoms with Crippen molar-refractivity contribution in [3.05, 3.63) is 88.6 Å². The molecule has 1 aliphatic heterocycles. The van der Waals surface area contributed by atoms with Crippen molar-refractivity contribution in [3.63, 3.8) is 0 Å². The summed E-state index contributed by atoms with van der Waals surface area (Å²) in [5.41, 5.74) is 4.76. The fourth-order valence-corrected chi connectivity index (χ4v) is 12.4. The third-order valence-electron chi connectivity index (χ3n) is 13.1. The SMILES string of the molecule is CCC12CC3(C)CC(Cn4ncc(-c5ccc(N6CCc7c(F)ccc(C(=O)Nc8nc9ccccc9s8)c7C6)nc5C(=O)O)c4C)(C1)CC(OC)(C3)C2. The van der Waals surface area contributed by atoms with Gasteiger partial charge < -0.3 is 14.7 Å². The lowest BCUT2D eigenvalue weighted by Gasteiger charge is -2.69. The van der Waals surface area contributed by atoms with Crippen LogP contribution in [0.25, 0.3) is 21.3 Å². The summed E-state index contributed by atoms with van der Waals surface area (Å²) in [5, 5.41) is 18.7. The summed E-state index contributed by atoms with van der Waals surface area (Å²) in [6.07, 6.45) is 10.1. The molecule has 4 aliphatic carbocycles. The largest absolute Gasteiger partial charge is 0.476 e. The molecule has 12 heteroatoms. The van der Waals surface area contributed by atoms with E-state index in [4.69, 9.17) is 9.84 Å². The number of anilines is 2. The first-order chi connectivity index (χ1) is 25.8. The first kappa shape index (κ1) is 35.0. The van der Waals surface area contributed by atoms with Gasteiger partial charge in [-0.25, -0.2) is 19.2 Å². The summed E-state index contributed by atoms with van der Waals surface area (Å²) in [6.45, 7) is 8.18. The number of nitrogens with zero attached hydrogens (tertiary/aromatic N) is 5. The van der Waals surface area contributed by atoms with Gasteiger partial charge in [-0.05, 0) is 116 Å². The first-order valence-electron chi connectivity index (χ1n) is 18.9. The number of halogens is 1. The molecule has 0 spiro atoms. The van der Waals surface area contributed by atoms with E-state index in [0.717, 1.165) is 66.5 Å². The minimum atomic E-state index is -1.14. The van der Waals surface area contributed by atoms with E-state index in [1.54, 1.807) is 12.3 Å². The Morgan fingerprint density at radius 2 is 1.78 bits per heavy atom. The Morgan fingerprint density at radius 1 is 0.981 bits per heavy atom. The second-order valence-electron chi connectivity index (χ2n) is 16.9. The molecule has 4 fully saturated rings. The second kappa shape index (κ2) is 12.4. The number of carboxylic acid groups (broad SMARTS) is 1. The van der Waals surface area contributed by atoms with E-state index in [-0.39, 0.29) is 45.8 Å². The van der Waals surface area contributed by atoms with Crippen molar-refractivity contribution >= 4 is 44.4 Å².